The molecular weight excluding hydrogens is 520 g/mol. The molecule has 0 radical (unpaired) electrons. The van der Waals surface area contributed by atoms with Gasteiger partial charge in [0.2, 0.25) is 0 Å². The Balaban J connectivity index is 1.20. The van der Waals surface area contributed by atoms with Crippen molar-refractivity contribution in [2.75, 3.05) is 0 Å². The molecule has 2 heterocycles. The maximum absolute atomic E-state index is 2.42. The zero-order valence-corrected chi connectivity index (χ0v) is 24.3. The molecule has 2 aromatic heterocycles. The highest BCUT2D eigenvalue weighted by atomic mass is 15.0. The number of fused-ring (bicyclic) bond motifs is 8. The monoisotopic (exact) mass is 550 g/mol. The molecular formula is C41H30N2. The number of benzene rings is 6. The van der Waals surface area contributed by atoms with Crippen LogP contribution in [-0.4, -0.2) is 9.13 Å². The van der Waals surface area contributed by atoms with Crippen LogP contribution in [0.4, 0.5) is 0 Å². The van der Waals surface area contributed by atoms with Crippen LogP contribution in [-0.2, 0) is 5.41 Å². The van der Waals surface area contributed by atoms with Gasteiger partial charge in [0.15, 0.2) is 0 Å². The number of hydrogen-bond donors (Lipinski definition) is 0. The van der Waals surface area contributed by atoms with Gasteiger partial charge < -0.3 is 9.13 Å². The van der Waals surface area contributed by atoms with Gasteiger partial charge in [0, 0.05) is 39.1 Å². The van der Waals surface area contributed by atoms with Gasteiger partial charge in [0.25, 0.3) is 0 Å². The lowest BCUT2D eigenvalue weighted by Gasteiger charge is -2.22. The van der Waals surface area contributed by atoms with Crippen molar-refractivity contribution in [2.24, 2.45) is 0 Å². The van der Waals surface area contributed by atoms with Gasteiger partial charge in [-0.2, -0.15) is 0 Å². The van der Waals surface area contributed by atoms with Crippen LogP contribution in [0.3, 0.4) is 0 Å². The zero-order valence-electron chi connectivity index (χ0n) is 24.3. The third-order valence-corrected chi connectivity index (χ3v) is 9.56. The van der Waals surface area contributed by atoms with E-state index in [1.54, 1.807) is 0 Å². The van der Waals surface area contributed by atoms with E-state index in [9.17, 15) is 0 Å². The normalized spacial score (nSPS) is 13.5. The minimum Gasteiger partial charge on any atom is -0.316 e. The van der Waals surface area contributed by atoms with Gasteiger partial charge in [-0.05, 0) is 81.9 Å². The van der Waals surface area contributed by atoms with Crippen LogP contribution in [0.1, 0.15) is 25.0 Å². The predicted octanol–water partition coefficient (Wildman–Crippen LogP) is 10.7. The van der Waals surface area contributed by atoms with E-state index in [0.29, 0.717) is 0 Å². The Kier molecular flexibility index (Phi) is 4.99. The quantitative estimate of drug-likeness (QED) is 0.207. The van der Waals surface area contributed by atoms with Gasteiger partial charge >= 0.3 is 0 Å². The van der Waals surface area contributed by atoms with Crippen molar-refractivity contribution < 1.29 is 0 Å². The number of para-hydroxylation sites is 2. The highest BCUT2D eigenvalue weighted by Crippen LogP contribution is 2.49. The molecule has 204 valence electrons. The van der Waals surface area contributed by atoms with Gasteiger partial charge in [-0.3, -0.25) is 0 Å². The molecule has 0 bridgehead atoms. The molecule has 43 heavy (non-hydrogen) atoms. The predicted molar refractivity (Wildman–Crippen MR) is 181 cm³/mol. The Morgan fingerprint density at radius 2 is 1.23 bits per heavy atom. The second-order valence-corrected chi connectivity index (χ2v) is 12.2. The van der Waals surface area contributed by atoms with Crippen LogP contribution in [0.25, 0.3) is 66.3 Å². The summed E-state index contributed by atoms with van der Waals surface area (Å²) in [6.45, 7) is 4.69. The van der Waals surface area contributed by atoms with Gasteiger partial charge in [-0.15, -0.1) is 0 Å². The Morgan fingerprint density at radius 1 is 0.512 bits per heavy atom. The number of hydrogen-bond acceptors (Lipinski definition) is 0. The summed E-state index contributed by atoms with van der Waals surface area (Å²) < 4.78 is 4.74. The fourth-order valence-corrected chi connectivity index (χ4v) is 7.45. The first-order chi connectivity index (χ1) is 21.1. The molecule has 0 aliphatic heterocycles. The SMILES string of the molecule is CC1(C)c2ccccc2-c2ccc(-c3ccc(-n4c5ccccc5c5c6c(ccc54)ccn6-c4ccccc4)cc3)cc21. The lowest BCUT2D eigenvalue weighted by Crippen LogP contribution is -2.14. The van der Waals surface area contributed by atoms with Gasteiger partial charge in [0.1, 0.15) is 0 Å². The zero-order chi connectivity index (χ0) is 28.7. The molecule has 0 amide bonds. The van der Waals surface area contributed by atoms with Crippen LogP contribution in [0, 0.1) is 0 Å². The average Bonchev–Trinajstić information content (AvgIpc) is 3.70. The molecule has 0 N–H and O–H groups in total. The summed E-state index contributed by atoms with van der Waals surface area (Å²) >= 11 is 0. The van der Waals surface area contributed by atoms with E-state index < -0.39 is 0 Å². The Labute approximate surface area is 251 Å². The minimum atomic E-state index is -0.00635. The molecule has 8 aromatic rings. The fraction of sp³-hybridized carbons (Fsp3) is 0.0732. The maximum atomic E-state index is 2.42. The molecule has 0 spiro atoms. The van der Waals surface area contributed by atoms with Crippen molar-refractivity contribution in [3.05, 3.63) is 157 Å². The van der Waals surface area contributed by atoms with E-state index >= 15 is 0 Å². The van der Waals surface area contributed by atoms with Crippen molar-refractivity contribution in [3.8, 4) is 33.6 Å². The molecule has 0 saturated carbocycles. The minimum absolute atomic E-state index is 0.00635. The molecule has 1 aliphatic rings. The third-order valence-electron chi connectivity index (χ3n) is 9.56. The van der Waals surface area contributed by atoms with Crippen LogP contribution in [0.5, 0.6) is 0 Å². The summed E-state index contributed by atoms with van der Waals surface area (Å²) in [4.78, 5) is 0. The van der Waals surface area contributed by atoms with Crippen molar-refractivity contribution in [2.45, 2.75) is 19.3 Å². The fourth-order valence-electron chi connectivity index (χ4n) is 7.45. The molecule has 0 atom stereocenters. The van der Waals surface area contributed by atoms with Crippen molar-refractivity contribution in [1.29, 1.82) is 0 Å². The standard InChI is InChI=1S/C41H30N2/c1-41(2)35-14-8-6-12-32(35)33-22-18-29(26-36(33)41)27-16-20-31(21-17-27)43-37-15-9-7-13-34(37)39-38(43)23-19-28-24-25-42(40(28)39)30-10-4-3-5-11-30/h3-26H,1-2H3. The van der Waals surface area contributed by atoms with Crippen molar-refractivity contribution in [1.82, 2.24) is 9.13 Å². The van der Waals surface area contributed by atoms with Crippen molar-refractivity contribution in [3.63, 3.8) is 0 Å². The van der Waals surface area contributed by atoms with Crippen LogP contribution in [0.2, 0.25) is 0 Å². The molecule has 9 rings (SSSR count). The second-order valence-electron chi connectivity index (χ2n) is 12.2. The topological polar surface area (TPSA) is 9.86 Å². The molecule has 6 aromatic carbocycles. The number of aromatic nitrogens is 2. The van der Waals surface area contributed by atoms with E-state index in [1.165, 1.54) is 77.5 Å². The van der Waals surface area contributed by atoms with E-state index in [1.807, 2.05) is 0 Å². The molecule has 0 fully saturated rings. The van der Waals surface area contributed by atoms with Crippen LogP contribution < -0.4 is 0 Å². The third kappa shape index (κ3) is 3.41. The Hall–Kier alpha value is -5.34. The first-order valence-electron chi connectivity index (χ1n) is 15.0. The summed E-state index contributed by atoms with van der Waals surface area (Å²) in [5, 5.41) is 3.80. The second kappa shape index (κ2) is 8.83. The van der Waals surface area contributed by atoms with Gasteiger partial charge in [-0.25, -0.2) is 0 Å². The molecule has 0 saturated heterocycles. The summed E-state index contributed by atoms with van der Waals surface area (Å²) in [5.74, 6) is 0. The first-order valence-corrected chi connectivity index (χ1v) is 15.0. The van der Waals surface area contributed by atoms with Gasteiger partial charge in [0.05, 0.1) is 16.6 Å². The summed E-state index contributed by atoms with van der Waals surface area (Å²) in [6.07, 6.45) is 2.19. The number of rotatable bonds is 3. The van der Waals surface area contributed by atoms with Crippen molar-refractivity contribution >= 4 is 32.7 Å². The number of nitrogens with zero attached hydrogens (tertiary/aromatic N) is 2. The summed E-state index contributed by atoms with van der Waals surface area (Å²) in [7, 11) is 0. The Morgan fingerprint density at radius 3 is 2.09 bits per heavy atom. The lowest BCUT2D eigenvalue weighted by atomic mass is 9.81. The highest BCUT2D eigenvalue weighted by molar-refractivity contribution is 6.20. The maximum Gasteiger partial charge on any atom is 0.0628 e. The lowest BCUT2D eigenvalue weighted by molar-refractivity contribution is 0.660. The summed E-state index contributed by atoms with van der Waals surface area (Å²) in [6, 6.07) is 51.1. The highest BCUT2D eigenvalue weighted by Gasteiger charge is 2.35. The molecule has 1 aliphatic carbocycles. The van der Waals surface area contributed by atoms with Crippen LogP contribution in [0.15, 0.2) is 146 Å². The largest absolute Gasteiger partial charge is 0.316 e. The summed E-state index contributed by atoms with van der Waals surface area (Å²) in [5.41, 5.74) is 14.1. The molecule has 2 nitrogen and oxygen atoms in total. The molecule has 0 unspecified atom stereocenters. The van der Waals surface area contributed by atoms with E-state index in [2.05, 4.69) is 169 Å². The smallest absolute Gasteiger partial charge is 0.0628 e. The first kappa shape index (κ1) is 24.3. The van der Waals surface area contributed by atoms with E-state index in [4.69, 9.17) is 0 Å². The Bertz CT molecular complexity index is 2350. The van der Waals surface area contributed by atoms with Gasteiger partial charge in [-0.1, -0.05) is 105 Å². The van der Waals surface area contributed by atoms with Crippen LogP contribution >= 0.6 is 0 Å². The van der Waals surface area contributed by atoms with E-state index in [-0.39, 0.29) is 5.41 Å². The molecule has 2 heteroatoms. The average molecular weight is 551 g/mol. The van der Waals surface area contributed by atoms with E-state index in [0.717, 1.165) is 0 Å².